The van der Waals surface area contributed by atoms with E-state index in [1.165, 1.54) is 0 Å². The molecule has 0 atom stereocenters. The molecule has 6 heteroatoms. The molecule has 0 radical (unpaired) electrons. The standard InChI is InChI=1S/C19H25N3O3/c1-3-15(23)12-25-16-9-10-17(18(11-16)24-4-2)22-14-7-5-13(6-8-14)19(20)21/h5-8,11,22H,3-4,9-10,12H2,1-2H3,(H3,20,21). The van der Waals surface area contributed by atoms with Gasteiger partial charge in [0.25, 0.3) is 0 Å². The largest absolute Gasteiger partial charge is 0.492 e. The molecule has 0 fully saturated rings. The molecule has 0 heterocycles. The first-order valence-corrected chi connectivity index (χ1v) is 8.46. The van der Waals surface area contributed by atoms with Crippen LogP contribution in [0.3, 0.4) is 0 Å². The Bertz CT molecular complexity index is 690. The van der Waals surface area contributed by atoms with Crippen LogP contribution in [0.1, 0.15) is 38.7 Å². The Kier molecular flexibility index (Phi) is 6.62. The van der Waals surface area contributed by atoms with Crippen LogP contribution >= 0.6 is 0 Å². The van der Waals surface area contributed by atoms with Gasteiger partial charge in [0.2, 0.25) is 0 Å². The van der Waals surface area contributed by atoms with Crippen molar-refractivity contribution in [2.45, 2.75) is 33.1 Å². The highest BCUT2D eigenvalue weighted by molar-refractivity contribution is 5.95. The van der Waals surface area contributed by atoms with E-state index in [0.29, 0.717) is 25.0 Å². The van der Waals surface area contributed by atoms with Gasteiger partial charge < -0.3 is 20.5 Å². The van der Waals surface area contributed by atoms with Crippen molar-refractivity contribution in [2.24, 2.45) is 5.73 Å². The zero-order valence-corrected chi connectivity index (χ0v) is 14.7. The predicted octanol–water partition coefficient (Wildman–Crippen LogP) is 3.30. The highest BCUT2D eigenvalue weighted by atomic mass is 16.5. The van der Waals surface area contributed by atoms with Crippen molar-refractivity contribution in [3.8, 4) is 0 Å². The molecule has 0 spiro atoms. The van der Waals surface area contributed by atoms with Crippen molar-refractivity contribution in [1.29, 1.82) is 5.41 Å². The maximum atomic E-state index is 11.4. The van der Waals surface area contributed by atoms with Crippen LogP contribution in [0.4, 0.5) is 5.69 Å². The van der Waals surface area contributed by atoms with E-state index in [0.717, 1.165) is 29.3 Å². The van der Waals surface area contributed by atoms with Crippen molar-refractivity contribution in [3.05, 3.63) is 53.1 Å². The fraction of sp³-hybridized carbons (Fsp3) is 0.368. The minimum absolute atomic E-state index is 0.0461. The lowest BCUT2D eigenvalue weighted by Gasteiger charge is -2.21. The predicted molar refractivity (Wildman–Crippen MR) is 98.3 cm³/mol. The van der Waals surface area contributed by atoms with Crippen molar-refractivity contribution < 1.29 is 14.3 Å². The lowest BCUT2D eigenvalue weighted by Crippen LogP contribution is -2.14. The van der Waals surface area contributed by atoms with E-state index in [2.05, 4.69) is 5.32 Å². The lowest BCUT2D eigenvalue weighted by atomic mass is 10.1. The Morgan fingerprint density at radius 1 is 1.20 bits per heavy atom. The van der Waals surface area contributed by atoms with E-state index >= 15 is 0 Å². The summed E-state index contributed by atoms with van der Waals surface area (Å²) < 4.78 is 11.3. The SMILES string of the molecule is CCOC1=C(Nc2ccc(C(=N)N)cc2)CCC(OCC(=O)CC)=C1. The van der Waals surface area contributed by atoms with E-state index in [9.17, 15) is 4.79 Å². The summed E-state index contributed by atoms with van der Waals surface area (Å²) >= 11 is 0. The van der Waals surface area contributed by atoms with Gasteiger partial charge in [-0.2, -0.15) is 0 Å². The molecular formula is C19H25N3O3. The van der Waals surface area contributed by atoms with Gasteiger partial charge in [0.15, 0.2) is 5.78 Å². The van der Waals surface area contributed by atoms with Crippen LogP contribution in [0, 0.1) is 5.41 Å². The van der Waals surface area contributed by atoms with Crippen molar-refractivity contribution in [1.82, 2.24) is 0 Å². The van der Waals surface area contributed by atoms with Gasteiger partial charge in [0, 0.05) is 30.2 Å². The molecule has 0 amide bonds. The second-order valence-corrected chi connectivity index (χ2v) is 5.68. The molecule has 0 aliphatic heterocycles. The number of hydrogen-bond acceptors (Lipinski definition) is 5. The van der Waals surface area contributed by atoms with Gasteiger partial charge in [-0.05, 0) is 37.6 Å². The normalized spacial score (nSPS) is 13.9. The second kappa shape index (κ2) is 8.92. The summed E-state index contributed by atoms with van der Waals surface area (Å²) in [7, 11) is 0. The number of benzene rings is 1. The number of Topliss-reactive ketones (excluding diaryl/α,β-unsaturated/α-hetero) is 1. The topological polar surface area (TPSA) is 97.4 Å². The number of hydrogen-bond donors (Lipinski definition) is 3. The Balaban J connectivity index is 2.11. The molecule has 1 aromatic rings. The number of carbonyl (C=O) groups excluding carboxylic acids is 1. The molecule has 0 saturated heterocycles. The molecule has 1 aliphatic carbocycles. The zero-order valence-electron chi connectivity index (χ0n) is 14.7. The first-order chi connectivity index (χ1) is 12.0. The molecule has 4 N–H and O–H groups in total. The van der Waals surface area contributed by atoms with Gasteiger partial charge in [-0.25, -0.2) is 0 Å². The number of anilines is 1. The summed E-state index contributed by atoms with van der Waals surface area (Å²) in [5.41, 5.74) is 8.02. The molecule has 1 aliphatic rings. The summed E-state index contributed by atoms with van der Waals surface area (Å²) in [6, 6.07) is 7.36. The van der Waals surface area contributed by atoms with E-state index in [4.69, 9.17) is 20.6 Å². The molecule has 0 aromatic heterocycles. The smallest absolute Gasteiger partial charge is 0.169 e. The second-order valence-electron chi connectivity index (χ2n) is 5.68. The van der Waals surface area contributed by atoms with E-state index in [1.54, 1.807) is 12.1 Å². The van der Waals surface area contributed by atoms with Gasteiger partial charge in [-0.15, -0.1) is 0 Å². The number of ether oxygens (including phenoxy) is 2. The number of rotatable bonds is 9. The number of nitrogens with two attached hydrogens (primary N) is 1. The Hall–Kier alpha value is -2.76. The first kappa shape index (κ1) is 18.6. The molecule has 0 bridgehead atoms. The lowest BCUT2D eigenvalue weighted by molar-refractivity contribution is -0.122. The van der Waals surface area contributed by atoms with Gasteiger partial charge in [-0.3, -0.25) is 10.2 Å². The number of allylic oxidation sites excluding steroid dienone is 3. The third-order valence-electron chi connectivity index (χ3n) is 3.81. The number of nitrogens with one attached hydrogen (secondary N) is 2. The number of carbonyl (C=O) groups is 1. The van der Waals surface area contributed by atoms with Crippen LogP contribution in [0.5, 0.6) is 0 Å². The Labute approximate surface area is 148 Å². The molecule has 134 valence electrons. The summed E-state index contributed by atoms with van der Waals surface area (Å²) in [4.78, 5) is 11.4. The minimum atomic E-state index is 0.0461. The fourth-order valence-corrected chi connectivity index (χ4v) is 2.38. The summed E-state index contributed by atoms with van der Waals surface area (Å²) in [6.45, 7) is 4.40. The van der Waals surface area contributed by atoms with Gasteiger partial charge >= 0.3 is 0 Å². The minimum Gasteiger partial charge on any atom is -0.492 e. The average molecular weight is 343 g/mol. The van der Waals surface area contributed by atoms with Gasteiger partial charge in [-0.1, -0.05) is 6.92 Å². The number of ketones is 1. The van der Waals surface area contributed by atoms with Gasteiger partial charge in [0.1, 0.15) is 24.0 Å². The molecule has 0 unspecified atom stereocenters. The van der Waals surface area contributed by atoms with Crippen molar-refractivity contribution >= 4 is 17.3 Å². The van der Waals surface area contributed by atoms with E-state index in [1.807, 2.05) is 32.1 Å². The van der Waals surface area contributed by atoms with Crippen LogP contribution < -0.4 is 11.1 Å². The Morgan fingerprint density at radius 3 is 2.52 bits per heavy atom. The first-order valence-electron chi connectivity index (χ1n) is 8.46. The van der Waals surface area contributed by atoms with Crippen LogP contribution in [-0.4, -0.2) is 24.8 Å². The molecule has 25 heavy (non-hydrogen) atoms. The fourth-order valence-electron chi connectivity index (χ4n) is 2.38. The van der Waals surface area contributed by atoms with Crippen molar-refractivity contribution in [3.63, 3.8) is 0 Å². The van der Waals surface area contributed by atoms with Crippen LogP contribution in [0.25, 0.3) is 0 Å². The Morgan fingerprint density at radius 2 is 1.92 bits per heavy atom. The molecule has 6 nitrogen and oxygen atoms in total. The van der Waals surface area contributed by atoms with Crippen LogP contribution in [-0.2, 0) is 14.3 Å². The summed E-state index contributed by atoms with van der Waals surface area (Å²) in [5.74, 6) is 1.62. The van der Waals surface area contributed by atoms with E-state index < -0.39 is 0 Å². The number of nitrogen functional groups attached to an aromatic ring is 1. The maximum absolute atomic E-state index is 11.4. The highest BCUT2D eigenvalue weighted by Crippen LogP contribution is 2.27. The van der Waals surface area contributed by atoms with Crippen molar-refractivity contribution in [2.75, 3.05) is 18.5 Å². The molecular weight excluding hydrogens is 318 g/mol. The van der Waals surface area contributed by atoms with Crippen LogP contribution in [0.2, 0.25) is 0 Å². The maximum Gasteiger partial charge on any atom is 0.169 e. The number of amidine groups is 1. The molecule has 0 saturated carbocycles. The summed E-state index contributed by atoms with van der Waals surface area (Å²) in [6.07, 6.45) is 3.77. The molecule has 2 rings (SSSR count). The zero-order chi connectivity index (χ0) is 18.2. The van der Waals surface area contributed by atoms with E-state index in [-0.39, 0.29) is 18.2 Å². The van der Waals surface area contributed by atoms with Gasteiger partial charge in [0.05, 0.1) is 12.3 Å². The van der Waals surface area contributed by atoms with Crippen LogP contribution in [0.15, 0.2) is 47.6 Å². The quantitative estimate of drug-likeness (QED) is 0.472. The molecule has 1 aromatic carbocycles. The average Bonchev–Trinajstić information content (AvgIpc) is 2.62. The summed E-state index contributed by atoms with van der Waals surface area (Å²) in [5, 5.41) is 10.8. The third kappa shape index (κ3) is 5.38. The third-order valence-corrected chi connectivity index (χ3v) is 3.81. The monoisotopic (exact) mass is 343 g/mol. The highest BCUT2D eigenvalue weighted by Gasteiger charge is 2.16.